The molecule has 1 N–H and O–H groups in total. The van der Waals surface area contributed by atoms with E-state index in [2.05, 4.69) is 9.47 Å². The smallest absolute Gasteiger partial charge is 0.422 e. The van der Waals surface area contributed by atoms with Crippen molar-refractivity contribution in [2.45, 2.75) is 12.4 Å². The third kappa shape index (κ3) is 3.89. The van der Waals surface area contributed by atoms with Crippen LogP contribution in [0.1, 0.15) is 15.9 Å². The van der Waals surface area contributed by atoms with Crippen molar-refractivity contribution in [2.24, 2.45) is 0 Å². The molecule has 2 aromatic carbocycles. The Morgan fingerprint density at radius 1 is 1.00 bits per heavy atom. The Morgan fingerprint density at radius 3 is 2.04 bits per heavy atom. The second-order valence-corrected chi connectivity index (χ2v) is 4.88. The molecule has 0 saturated heterocycles. The molecule has 0 heterocycles. The molecule has 0 aliphatic carbocycles. The Kier molecular flexibility index (Phi) is 4.74. The van der Waals surface area contributed by atoms with E-state index in [1.54, 1.807) is 0 Å². The lowest BCUT2D eigenvalue weighted by Gasteiger charge is -2.18. The maximum absolute atomic E-state index is 13.3. The monoisotopic (exact) mass is 368 g/mol. The van der Waals surface area contributed by atoms with Crippen molar-refractivity contribution in [3.8, 4) is 11.5 Å². The summed E-state index contributed by atoms with van der Waals surface area (Å²) in [4.78, 5) is 11.4. The molecule has 4 nitrogen and oxygen atoms in total. The molecular weight excluding hydrogens is 358 g/mol. The number of benzene rings is 2. The lowest BCUT2D eigenvalue weighted by Crippen LogP contribution is -2.20. The van der Waals surface area contributed by atoms with Crippen LogP contribution in [0.5, 0.6) is 11.5 Å². The van der Waals surface area contributed by atoms with Crippen LogP contribution in [0, 0.1) is 0 Å². The number of methoxy groups -OCH3 is 1. The lowest BCUT2D eigenvalue weighted by atomic mass is 9.98. The van der Waals surface area contributed by atoms with Crippen LogP contribution in [0.3, 0.4) is 0 Å². The molecule has 0 unspecified atom stereocenters. The molecule has 136 valence electrons. The molecule has 10 heteroatoms. The summed E-state index contributed by atoms with van der Waals surface area (Å²) in [6.45, 7) is -1.78. The van der Waals surface area contributed by atoms with Gasteiger partial charge < -0.3 is 14.6 Å². The number of carboxylic acids is 1. The predicted molar refractivity (Wildman–Crippen MR) is 74.0 cm³/mol. The highest BCUT2D eigenvalue weighted by Gasteiger charge is 2.37. The number of carboxylic acid groups (broad SMARTS) is 1. The Balaban J connectivity index is 2.74. The normalized spacial score (nSPS) is 12.3. The van der Waals surface area contributed by atoms with E-state index in [9.17, 15) is 36.2 Å². The van der Waals surface area contributed by atoms with Gasteiger partial charge in [0.05, 0.1) is 7.11 Å². The molecule has 0 aliphatic rings. The summed E-state index contributed by atoms with van der Waals surface area (Å²) in [5.41, 5.74) is -2.02. The molecule has 0 fully saturated rings. The van der Waals surface area contributed by atoms with E-state index in [1.807, 2.05) is 0 Å². The van der Waals surface area contributed by atoms with Gasteiger partial charge in [-0.2, -0.15) is 26.3 Å². The average molecular weight is 368 g/mol. The molecule has 0 bridgehead atoms. The van der Waals surface area contributed by atoms with Gasteiger partial charge in [-0.05, 0) is 29.7 Å². The van der Waals surface area contributed by atoms with Crippen molar-refractivity contribution in [1.82, 2.24) is 0 Å². The fourth-order valence-corrected chi connectivity index (χ4v) is 2.33. The van der Waals surface area contributed by atoms with Crippen molar-refractivity contribution in [3.05, 3.63) is 35.4 Å². The topological polar surface area (TPSA) is 55.8 Å². The van der Waals surface area contributed by atoms with E-state index in [0.29, 0.717) is 0 Å². The quantitative estimate of drug-likeness (QED) is 0.807. The van der Waals surface area contributed by atoms with Crippen LogP contribution in [-0.2, 0) is 6.18 Å². The highest BCUT2D eigenvalue weighted by Crippen LogP contribution is 2.43. The van der Waals surface area contributed by atoms with Gasteiger partial charge in [-0.3, -0.25) is 0 Å². The third-order valence-electron chi connectivity index (χ3n) is 3.23. The molecular formula is C15H10F6O4. The van der Waals surface area contributed by atoms with Gasteiger partial charge in [0.1, 0.15) is 22.6 Å². The molecule has 0 aliphatic heterocycles. The van der Waals surface area contributed by atoms with E-state index in [-0.39, 0.29) is 0 Å². The van der Waals surface area contributed by atoms with Gasteiger partial charge in [0.15, 0.2) is 6.61 Å². The third-order valence-corrected chi connectivity index (χ3v) is 3.23. The minimum absolute atomic E-state index is 0.416. The van der Waals surface area contributed by atoms with Gasteiger partial charge in [-0.15, -0.1) is 0 Å². The van der Waals surface area contributed by atoms with E-state index >= 15 is 0 Å². The van der Waals surface area contributed by atoms with Gasteiger partial charge in [0, 0.05) is 5.39 Å². The second-order valence-electron chi connectivity index (χ2n) is 4.88. The van der Waals surface area contributed by atoms with Gasteiger partial charge in [-0.1, -0.05) is 0 Å². The SMILES string of the molecule is COc1ccc2c(C(=O)O)c(OCC(F)(F)F)ccc2c1C(F)(F)F. The number of rotatable bonds is 4. The van der Waals surface area contributed by atoms with Crippen molar-refractivity contribution in [3.63, 3.8) is 0 Å². The van der Waals surface area contributed by atoms with Crippen LogP contribution in [0.2, 0.25) is 0 Å². The highest BCUT2D eigenvalue weighted by molar-refractivity contribution is 6.07. The number of ether oxygens (including phenoxy) is 2. The molecule has 25 heavy (non-hydrogen) atoms. The number of carbonyl (C=O) groups is 1. The van der Waals surface area contributed by atoms with Crippen LogP contribution in [0.15, 0.2) is 24.3 Å². The summed E-state index contributed by atoms with van der Waals surface area (Å²) in [5, 5.41) is 8.30. The Hall–Kier alpha value is -2.65. The highest BCUT2D eigenvalue weighted by atomic mass is 19.4. The van der Waals surface area contributed by atoms with E-state index in [4.69, 9.17) is 0 Å². The first-order valence-corrected chi connectivity index (χ1v) is 6.59. The first-order chi connectivity index (χ1) is 11.5. The Labute approximate surface area is 136 Å². The van der Waals surface area contributed by atoms with E-state index in [0.717, 1.165) is 31.4 Å². The van der Waals surface area contributed by atoms with Gasteiger partial charge in [0.2, 0.25) is 0 Å². The number of hydrogen-bond donors (Lipinski definition) is 1. The number of aromatic carboxylic acids is 1. The van der Waals surface area contributed by atoms with Gasteiger partial charge in [0.25, 0.3) is 0 Å². The van der Waals surface area contributed by atoms with Crippen LogP contribution in [0.25, 0.3) is 10.8 Å². The largest absolute Gasteiger partial charge is 0.496 e. The van der Waals surface area contributed by atoms with Crippen LogP contribution in [-0.4, -0.2) is 31.0 Å². The molecule has 0 saturated carbocycles. The zero-order valence-corrected chi connectivity index (χ0v) is 12.5. The average Bonchev–Trinajstić information content (AvgIpc) is 2.48. The molecule has 0 radical (unpaired) electrons. The zero-order valence-electron chi connectivity index (χ0n) is 12.5. The van der Waals surface area contributed by atoms with Crippen molar-refractivity contribution < 1.29 is 45.7 Å². The van der Waals surface area contributed by atoms with E-state index in [1.165, 1.54) is 0 Å². The molecule has 0 amide bonds. The Morgan fingerprint density at radius 2 is 1.56 bits per heavy atom. The number of halogens is 6. The number of alkyl halides is 6. The predicted octanol–water partition coefficient (Wildman–Crippen LogP) is 4.51. The summed E-state index contributed by atoms with van der Waals surface area (Å²) in [6.07, 6.45) is -9.60. The fraction of sp³-hybridized carbons (Fsp3) is 0.267. The lowest BCUT2D eigenvalue weighted by molar-refractivity contribution is -0.153. The summed E-state index contributed by atoms with van der Waals surface area (Å²) < 4.78 is 85.8. The Bertz CT molecular complexity index is 810. The van der Waals surface area contributed by atoms with Crippen molar-refractivity contribution >= 4 is 16.7 Å². The van der Waals surface area contributed by atoms with Gasteiger partial charge >= 0.3 is 18.3 Å². The van der Waals surface area contributed by atoms with Crippen molar-refractivity contribution in [1.29, 1.82) is 0 Å². The first kappa shape index (κ1) is 18.7. The molecule has 2 rings (SSSR count). The maximum atomic E-state index is 13.3. The van der Waals surface area contributed by atoms with Gasteiger partial charge in [-0.25, -0.2) is 4.79 Å². The van der Waals surface area contributed by atoms with E-state index < -0.39 is 58.3 Å². The summed E-state index contributed by atoms with van der Waals surface area (Å²) in [5.74, 6) is -2.95. The van der Waals surface area contributed by atoms with Crippen LogP contribution in [0.4, 0.5) is 26.3 Å². The molecule has 0 spiro atoms. The summed E-state index contributed by atoms with van der Waals surface area (Å²) >= 11 is 0. The molecule has 2 aromatic rings. The fourth-order valence-electron chi connectivity index (χ4n) is 2.33. The molecule has 0 aromatic heterocycles. The summed E-state index contributed by atoms with van der Waals surface area (Å²) in [6, 6.07) is 3.52. The maximum Gasteiger partial charge on any atom is 0.422 e. The second kappa shape index (κ2) is 6.34. The first-order valence-electron chi connectivity index (χ1n) is 6.59. The molecule has 0 atom stereocenters. The number of hydrogen-bond acceptors (Lipinski definition) is 3. The van der Waals surface area contributed by atoms with Crippen LogP contribution < -0.4 is 9.47 Å². The minimum atomic E-state index is -4.87. The zero-order chi connectivity index (χ0) is 19.0. The van der Waals surface area contributed by atoms with Crippen LogP contribution >= 0.6 is 0 Å². The number of fused-ring (bicyclic) bond motifs is 1. The standard InChI is InChI=1S/C15H10F6O4/c1-24-10-5-2-7-8(12(10)15(19,20)21)3-4-9(11(7)13(22)23)25-6-14(16,17)18/h2-5H,6H2,1H3,(H,22,23). The summed E-state index contributed by atoms with van der Waals surface area (Å²) in [7, 11) is 1.01. The van der Waals surface area contributed by atoms with Crippen molar-refractivity contribution in [2.75, 3.05) is 13.7 Å². The minimum Gasteiger partial charge on any atom is -0.496 e.